The highest BCUT2D eigenvalue weighted by Gasteiger charge is 2.25. The molecular weight excluding hydrogens is 487 g/mol. The van der Waals surface area contributed by atoms with Crippen molar-refractivity contribution in [2.24, 2.45) is 0 Å². The summed E-state index contributed by atoms with van der Waals surface area (Å²) in [7, 11) is -1.30. The van der Waals surface area contributed by atoms with Gasteiger partial charge in [0.2, 0.25) is 0 Å². The van der Waals surface area contributed by atoms with Gasteiger partial charge in [0.25, 0.3) is 0 Å². The van der Waals surface area contributed by atoms with Crippen LogP contribution in [0.2, 0.25) is 5.02 Å². The third-order valence-corrected chi connectivity index (χ3v) is 7.34. The van der Waals surface area contributed by atoms with Crippen LogP contribution in [0.1, 0.15) is 30.7 Å². The first-order chi connectivity index (χ1) is 16.5. The highest BCUT2D eigenvalue weighted by Crippen LogP contribution is 2.34. The second-order valence-corrected chi connectivity index (χ2v) is 10.6. The summed E-state index contributed by atoms with van der Waals surface area (Å²) in [5, 5.41) is 20.7. The number of hydrogen-bond acceptors (Lipinski definition) is 4. The molecule has 8 heteroatoms. The van der Waals surface area contributed by atoms with E-state index in [2.05, 4.69) is 4.98 Å². The number of imidazole rings is 1. The molecule has 2 N–H and O–H groups in total. The number of aliphatic hydroxyl groups is 2. The molecule has 0 bridgehead atoms. The molecule has 1 heterocycles. The lowest BCUT2D eigenvalue weighted by molar-refractivity contribution is 0.0743. The molecule has 5 nitrogen and oxygen atoms in total. The maximum absolute atomic E-state index is 15.6. The first kappa shape index (κ1) is 25.3. The number of halogens is 2. The summed E-state index contributed by atoms with van der Waals surface area (Å²) < 4.78 is 29.3. The molecule has 0 saturated heterocycles. The van der Waals surface area contributed by atoms with Gasteiger partial charge in [0.05, 0.1) is 28.8 Å². The number of benzene rings is 3. The first-order valence-corrected chi connectivity index (χ1v) is 12.9. The minimum absolute atomic E-state index is 0.224. The second-order valence-electron chi connectivity index (χ2n) is 8.89. The fourth-order valence-electron chi connectivity index (χ4n) is 3.91. The van der Waals surface area contributed by atoms with Gasteiger partial charge in [-0.2, -0.15) is 0 Å². The molecule has 0 amide bonds. The van der Waals surface area contributed by atoms with Crippen molar-refractivity contribution < 1.29 is 18.8 Å². The molecule has 0 saturated carbocycles. The van der Waals surface area contributed by atoms with Gasteiger partial charge >= 0.3 is 0 Å². The maximum Gasteiger partial charge on any atom is 0.147 e. The van der Waals surface area contributed by atoms with Gasteiger partial charge in [0.15, 0.2) is 0 Å². The standard InChI is InChI=1S/C27H26ClFN2O3S/c1-16-20(6-5-7-21(16)28)26-30-25(27(2,3)33)14-31(26)23-11-10-17(12-22(23)29)18-8-9-19(15-32)24(13-18)35(4)34/h5-14,32-33H,15H2,1-4H3/t35-/m0/s1. The SMILES string of the molecule is Cc1c(Cl)cccc1-c1nc(C(C)(C)O)cn1-c1ccc(-c2ccc(CO)c([S@](C)=O)c2)cc1F. The van der Waals surface area contributed by atoms with Crippen LogP contribution in [0, 0.1) is 12.7 Å². The molecule has 182 valence electrons. The summed E-state index contributed by atoms with van der Waals surface area (Å²) in [5.41, 5.74) is 2.81. The van der Waals surface area contributed by atoms with Crippen molar-refractivity contribution in [2.45, 2.75) is 37.9 Å². The van der Waals surface area contributed by atoms with E-state index in [-0.39, 0.29) is 12.3 Å². The molecule has 0 aliphatic rings. The van der Waals surface area contributed by atoms with Crippen LogP contribution in [0.25, 0.3) is 28.2 Å². The minimum Gasteiger partial charge on any atom is -0.392 e. The van der Waals surface area contributed by atoms with Crippen LogP contribution >= 0.6 is 11.6 Å². The van der Waals surface area contributed by atoms with Gasteiger partial charge in [0, 0.05) is 27.9 Å². The lowest BCUT2D eigenvalue weighted by Crippen LogP contribution is -2.15. The van der Waals surface area contributed by atoms with Crippen molar-refractivity contribution in [1.29, 1.82) is 0 Å². The summed E-state index contributed by atoms with van der Waals surface area (Å²) in [6.45, 7) is 4.89. The Morgan fingerprint density at radius 3 is 2.43 bits per heavy atom. The van der Waals surface area contributed by atoms with E-state index in [0.29, 0.717) is 38.1 Å². The summed E-state index contributed by atoms with van der Waals surface area (Å²) in [5.74, 6) is -0.0294. The molecule has 0 unspecified atom stereocenters. The number of aromatic nitrogens is 2. The Labute approximate surface area is 211 Å². The van der Waals surface area contributed by atoms with Gasteiger partial charge < -0.3 is 10.2 Å². The predicted octanol–water partition coefficient (Wildman–Crippen LogP) is 5.76. The first-order valence-electron chi connectivity index (χ1n) is 11.0. The molecule has 1 aromatic heterocycles. The molecule has 3 aromatic carbocycles. The normalized spacial score (nSPS) is 12.7. The lowest BCUT2D eigenvalue weighted by atomic mass is 10.0. The monoisotopic (exact) mass is 512 g/mol. The predicted molar refractivity (Wildman–Crippen MR) is 138 cm³/mol. The van der Waals surface area contributed by atoms with Crippen molar-refractivity contribution in [2.75, 3.05) is 6.26 Å². The van der Waals surface area contributed by atoms with Crippen LogP contribution in [0.4, 0.5) is 4.39 Å². The molecule has 0 radical (unpaired) electrons. The van der Waals surface area contributed by atoms with E-state index < -0.39 is 22.2 Å². The van der Waals surface area contributed by atoms with E-state index in [9.17, 15) is 14.4 Å². The van der Waals surface area contributed by atoms with E-state index in [0.717, 1.165) is 11.1 Å². The molecule has 35 heavy (non-hydrogen) atoms. The Bertz CT molecular complexity index is 1440. The molecular formula is C27H26ClFN2O3S. The van der Waals surface area contributed by atoms with Crippen LogP contribution in [-0.2, 0) is 23.0 Å². The lowest BCUT2D eigenvalue weighted by Gasteiger charge is -2.13. The zero-order chi connectivity index (χ0) is 25.5. The zero-order valence-electron chi connectivity index (χ0n) is 19.8. The zero-order valence-corrected chi connectivity index (χ0v) is 21.4. The summed E-state index contributed by atoms with van der Waals surface area (Å²) in [6.07, 6.45) is 3.17. The molecule has 0 spiro atoms. The highest BCUT2D eigenvalue weighted by molar-refractivity contribution is 7.84. The van der Waals surface area contributed by atoms with E-state index in [4.69, 9.17) is 11.6 Å². The molecule has 0 aliphatic carbocycles. The van der Waals surface area contributed by atoms with Crippen LogP contribution in [-0.4, -0.2) is 30.2 Å². The highest BCUT2D eigenvalue weighted by atomic mass is 35.5. The Balaban J connectivity index is 1.86. The van der Waals surface area contributed by atoms with Gasteiger partial charge in [-0.05, 0) is 67.3 Å². The topological polar surface area (TPSA) is 75.3 Å². The molecule has 0 fully saturated rings. The summed E-state index contributed by atoms with van der Waals surface area (Å²) in [4.78, 5) is 5.14. The fraction of sp³-hybridized carbons (Fsp3) is 0.222. The fourth-order valence-corrected chi connectivity index (χ4v) is 4.88. The number of rotatable bonds is 6. The second kappa shape index (κ2) is 9.66. The van der Waals surface area contributed by atoms with Crippen molar-refractivity contribution in [3.63, 3.8) is 0 Å². The van der Waals surface area contributed by atoms with Gasteiger partial charge in [-0.25, -0.2) is 9.37 Å². The average Bonchev–Trinajstić information content (AvgIpc) is 3.26. The average molecular weight is 513 g/mol. The molecule has 1 atom stereocenters. The van der Waals surface area contributed by atoms with E-state index in [1.165, 1.54) is 6.07 Å². The third kappa shape index (κ3) is 4.95. The number of aliphatic hydroxyl groups excluding tert-OH is 1. The van der Waals surface area contributed by atoms with E-state index >= 15 is 4.39 Å². The quantitative estimate of drug-likeness (QED) is 0.344. The Hall–Kier alpha value is -2.84. The number of hydrogen-bond donors (Lipinski definition) is 2. The van der Waals surface area contributed by atoms with Gasteiger partial charge in [0.1, 0.15) is 17.2 Å². The van der Waals surface area contributed by atoms with Crippen molar-refractivity contribution in [3.8, 4) is 28.2 Å². The van der Waals surface area contributed by atoms with Crippen LogP contribution in [0.3, 0.4) is 0 Å². The van der Waals surface area contributed by atoms with Crippen molar-refractivity contribution in [1.82, 2.24) is 9.55 Å². The smallest absolute Gasteiger partial charge is 0.147 e. The summed E-state index contributed by atoms with van der Waals surface area (Å²) in [6, 6.07) is 15.4. The van der Waals surface area contributed by atoms with Crippen molar-refractivity contribution >= 4 is 22.4 Å². The van der Waals surface area contributed by atoms with Gasteiger partial charge in [-0.3, -0.25) is 8.78 Å². The van der Waals surface area contributed by atoms with Crippen molar-refractivity contribution in [3.05, 3.63) is 88.5 Å². The van der Waals surface area contributed by atoms with Gasteiger partial charge in [-0.1, -0.05) is 41.9 Å². The molecule has 0 aliphatic heterocycles. The Morgan fingerprint density at radius 1 is 1.11 bits per heavy atom. The number of nitrogens with zero attached hydrogens (tertiary/aromatic N) is 2. The summed E-state index contributed by atoms with van der Waals surface area (Å²) >= 11 is 6.34. The molecule has 4 rings (SSSR count). The van der Waals surface area contributed by atoms with Crippen LogP contribution < -0.4 is 0 Å². The molecule has 4 aromatic rings. The van der Waals surface area contributed by atoms with Gasteiger partial charge in [-0.15, -0.1) is 0 Å². The maximum atomic E-state index is 15.6. The van der Waals surface area contributed by atoms with Crippen LogP contribution in [0.15, 0.2) is 65.7 Å². The largest absolute Gasteiger partial charge is 0.392 e. The third-order valence-electron chi connectivity index (χ3n) is 5.93. The van der Waals surface area contributed by atoms with Crippen LogP contribution in [0.5, 0.6) is 0 Å². The Kier molecular flexibility index (Phi) is 6.97. The minimum atomic E-state index is -1.30. The van der Waals surface area contributed by atoms with E-state index in [1.54, 1.807) is 73.3 Å². The Morgan fingerprint density at radius 2 is 1.80 bits per heavy atom. The van der Waals surface area contributed by atoms with E-state index in [1.807, 2.05) is 13.0 Å².